The standard InChI is InChI=1S/C17H16ClNO2/c18-10-12-2-1-3-13(8-12)11-19-17(20)15-4-5-16-14(9-15)6-7-21-16/h1-5,8-9H,6-7,10-11H2,(H,19,20). The summed E-state index contributed by atoms with van der Waals surface area (Å²) in [5.74, 6) is 1.30. The number of carbonyl (C=O) groups is 1. The molecule has 4 heteroatoms. The minimum Gasteiger partial charge on any atom is -0.493 e. The summed E-state index contributed by atoms with van der Waals surface area (Å²) in [5.41, 5.74) is 3.88. The number of alkyl halides is 1. The number of halogens is 1. The second-order valence-corrected chi connectivity index (χ2v) is 5.32. The third-order valence-electron chi connectivity index (χ3n) is 3.55. The Morgan fingerprint density at radius 1 is 1.19 bits per heavy atom. The first-order valence-corrected chi connectivity index (χ1v) is 7.47. The molecule has 0 saturated heterocycles. The highest BCUT2D eigenvalue weighted by Gasteiger charge is 2.14. The molecule has 1 heterocycles. The van der Waals surface area contributed by atoms with Crippen LogP contribution in [0, 0.1) is 0 Å². The van der Waals surface area contributed by atoms with Crippen molar-refractivity contribution in [1.82, 2.24) is 5.32 Å². The fourth-order valence-corrected chi connectivity index (χ4v) is 2.60. The van der Waals surface area contributed by atoms with E-state index in [1.165, 1.54) is 0 Å². The summed E-state index contributed by atoms with van der Waals surface area (Å²) in [7, 11) is 0. The van der Waals surface area contributed by atoms with Crippen molar-refractivity contribution in [3.05, 3.63) is 64.7 Å². The number of hydrogen-bond acceptors (Lipinski definition) is 2. The van der Waals surface area contributed by atoms with Crippen LogP contribution in [-0.2, 0) is 18.8 Å². The van der Waals surface area contributed by atoms with Gasteiger partial charge in [0.25, 0.3) is 5.91 Å². The molecule has 0 radical (unpaired) electrons. The molecule has 0 saturated carbocycles. The Kier molecular flexibility index (Phi) is 4.11. The van der Waals surface area contributed by atoms with Crippen molar-refractivity contribution in [2.24, 2.45) is 0 Å². The predicted octanol–water partition coefficient (Wildman–Crippen LogP) is 3.29. The number of ether oxygens (including phenoxy) is 1. The number of amides is 1. The van der Waals surface area contributed by atoms with Crippen LogP contribution in [0.3, 0.4) is 0 Å². The molecule has 1 amide bonds. The van der Waals surface area contributed by atoms with E-state index in [1.54, 1.807) is 6.07 Å². The van der Waals surface area contributed by atoms with Crippen LogP contribution in [0.15, 0.2) is 42.5 Å². The first-order valence-electron chi connectivity index (χ1n) is 6.94. The van der Waals surface area contributed by atoms with Crippen LogP contribution in [0.4, 0.5) is 0 Å². The molecule has 0 atom stereocenters. The summed E-state index contributed by atoms with van der Waals surface area (Å²) in [4.78, 5) is 12.2. The van der Waals surface area contributed by atoms with Crippen LogP contribution in [0.1, 0.15) is 27.0 Å². The van der Waals surface area contributed by atoms with E-state index in [4.69, 9.17) is 16.3 Å². The second kappa shape index (κ2) is 6.19. The lowest BCUT2D eigenvalue weighted by molar-refractivity contribution is 0.0951. The molecule has 0 bridgehead atoms. The zero-order valence-electron chi connectivity index (χ0n) is 11.6. The molecule has 0 spiro atoms. The van der Waals surface area contributed by atoms with E-state index >= 15 is 0 Å². The van der Waals surface area contributed by atoms with E-state index in [0.717, 1.165) is 28.9 Å². The van der Waals surface area contributed by atoms with E-state index in [1.807, 2.05) is 36.4 Å². The van der Waals surface area contributed by atoms with Gasteiger partial charge in [-0.1, -0.05) is 24.3 Å². The Morgan fingerprint density at radius 2 is 2.05 bits per heavy atom. The Bertz CT molecular complexity index is 670. The van der Waals surface area contributed by atoms with Crippen LogP contribution in [0.25, 0.3) is 0 Å². The molecule has 0 fully saturated rings. The number of hydrogen-bond donors (Lipinski definition) is 1. The maximum atomic E-state index is 12.2. The quantitative estimate of drug-likeness (QED) is 0.880. The minimum absolute atomic E-state index is 0.0685. The van der Waals surface area contributed by atoms with Gasteiger partial charge >= 0.3 is 0 Å². The fourth-order valence-electron chi connectivity index (χ4n) is 2.43. The minimum atomic E-state index is -0.0685. The van der Waals surface area contributed by atoms with Gasteiger partial charge in [-0.25, -0.2) is 0 Å². The smallest absolute Gasteiger partial charge is 0.251 e. The van der Waals surface area contributed by atoms with Crippen molar-refractivity contribution < 1.29 is 9.53 Å². The summed E-state index contributed by atoms with van der Waals surface area (Å²) < 4.78 is 5.44. The largest absolute Gasteiger partial charge is 0.493 e. The summed E-state index contributed by atoms with van der Waals surface area (Å²) in [6.45, 7) is 1.20. The Hall–Kier alpha value is -2.00. The summed E-state index contributed by atoms with van der Waals surface area (Å²) in [6, 6.07) is 13.5. The van der Waals surface area contributed by atoms with Crippen molar-refractivity contribution in [2.45, 2.75) is 18.8 Å². The average Bonchev–Trinajstić information content (AvgIpc) is 3.00. The van der Waals surface area contributed by atoms with Crippen molar-refractivity contribution in [3.63, 3.8) is 0 Å². The SMILES string of the molecule is O=C(NCc1cccc(CCl)c1)c1ccc2c(c1)CCO2. The molecule has 21 heavy (non-hydrogen) atoms. The van der Waals surface area contributed by atoms with Crippen LogP contribution in [-0.4, -0.2) is 12.5 Å². The second-order valence-electron chi connectivity index (χ2n) is 5.06. The fraction of sp³-hybridized carbons (Fsp3) is 0.235. The average molecular weight is 302 g/mol. The number of carbonyl (C=O) groups excluding carboxylic acids is 1. The van der Waals surface area contributed by atoms with Crippen molar-refractivity contribution in [1.29, 1.82) is 0 Å². The van der Waals surface area contributed by atoms with Crippen molar-refractivity contribution in [2.75, 3.05) is 6.61 Å². The Labute approximate surface area is 128 Å². The molecule has 108 valence electrons. The lowest BCUT2D eigenvalue weighted by Crippen LogP contribution is -2.22. The first kappa shape index (κ1) is 14.0. The van der Waals surface area contributed by atoms with Gasteiger partial charge in [-0.3, -0.25) is 4.79 Å². The molecule has 0 aromatic heterocycles. The molecule has 1 aliphatic rings. The molecular formula is C17H16ClNO2. The van der Waals surface area contributed by atoms with Crippen molar-refractivity contribution in [3.8, 4) is 5.75 Å². The van der Waals surface area contributed by atoms with Gasteiger partial charge in [-0.05, 0) is 34.9 Å². The molecule has 2 aromatic rings. The zero-order valence-corrected chi connectivity index (χ0v) is 12.3. The topological polar surface area (TPSA) is 38.3 Å². The molecule has 1 N–H and O–H groups in total. The van der Waals surface area contributed by atoms with Gasteiger partial charge in [0.05, 0.1) is 6.61 Å². The maximum absolute atomic E-state index is 12.2. The van der Waals surface area contributed by atoms with Crippen LogP contribution >= 0.6 is 11.6 Å². The molecule has 3 nitrogen and oxygen atoms in total. The molecule has 3 rings (SSSR count). The Morgan fingerprint density at radius 3 is 2.90 bits per heavy atom. The lowest BCUT2D eigenvalue weighted by Gasteiger charge is -2.07. The van der Waals surface area contributed by atoms with Crippen LogP contribution < -0.4 is 10.1 Å². The van der Waals surface area contributed by atoms with Gasteiger partial charge in [0.2, 0.25) is 0 Å². The van der Waals surface area contributed by atoms with Gasteiger partial charge in [-0.2, -0.15) is 0 Å². The first-order chi connectivity index (χ1) is 10.3. The molecular weight excluding hydrogens is 286 g/mol. The van der Waals surface area contributed by atoms with Gasteiger partial charge in [0, 0.05) is 24.4 Å². The molecule has 2 aromatic carbocycles. The summed E-state index contributed by atoms with van der Waals surface area (Å²) >= 11 is 5.81. The molecule has 0 aliphatic carbocycles. The van der Waals surface area contributed by atoms with E-state index in [-0.39, 0.29) is 5.91 Å². The monoisotopic (exact) mass is 301 g/mol. The van der Waals surface area contributed by atoms with Crippen LogP contribution in [0.2, 0.25) is 0 Å². The highest BCUT2D eigenvalue weighted by molar-refractivity contribution is 6.17. The van der Waals surface area contributed by atoms with Gasteiger partial charge in [0.1, 0.15) is 5.75 Å². The number of fused-ring (bicyclic) bond motifs is 1. The highest BCUT2D eigenvalue weighted by Crippen LogP contribution is 2.25. The number of rotatable bonds is 4. The zero-order chi connectivity index (χ0) is 14.7. The van der Waals surface area contributed by atoms with Crippen molar-refractivity contribution >= 4 is 17.5 Å². The van der Waals surface area contributed by atoms with E-state index in [0.29, 0.717) is 24.6 Å². The summed E-state index contributed by atoms with van der Waals surface area (Å²) in [6.07, 6.45) is 0.869. The van der Waals surface area contributed by atoms with E-state index in [2.05, 4.69) is 5.32 Å². The molecule has 0 unspecified atom stereocenters. The maximum Gasteiger partial charge on any atom is 0.251 e. The third kappa shape index (κ3) is 3.19. The Balaban J connectivity index is 1.66. The third-order valence-corrected chi connectivity index (χ3v) is 3.86. The van der Waals surface area contributed by atoms with Gasteiger partial charge < -0.3 is 10.1 Å². The lowest BCUT2D eigenvalue weighted by atomic mass is 10.1. The number of nitrogens with one attached hydrogen (secondary N) is 1. The number of benzene rings is 2. The van der Waals surface area contributed by atoms with Gasteiger partial charge in [-0.15, -0.1) is 11.6 Å². The summed E-state index contributed by atoms with van der Waals surface area (Å²) in [5, 5.41) is 2.93. The normalized spacial score (nSPS) is 12.6. The predicted molar refractivity (Wildman–Crippen MR) is 82.8 cm³/mol. The van der Waals surface area contributed by atoms with E-state index < -0.39 is 0 Å². The molecule has 1 aliphatic heterocycles. The highest BCUT2D eigenvalue weighted by atomic mass is 35.5. The van der Waals surface area contributed by atoms with Gasteiger partial charge in [0.15, 0.2) is 0 Å². The van der Waals surface area contributed by atoms with Crippen LogP contribution in [0.5, 0.6) is 5.75 Å². The van der Waals surface area contributed by atoms with E-state index in [9.17, 15) is 4.79 Å².